The molecule has 0 heterocycles. The highest BCUT2D eigenvalue weighted by atomic mass is 16.4. The number of unbranched alkanes of at least 4 members (excludes halogenated alkanes) is 3. The van der Waals surface area contributed by atoms with Gasteiger partial charge >= 0.3 is 5.97 Å². The molecule has 0 aromatic carbocycles. The zero-order chi connectivity index (χ0) is 54.7. The summed E-state index contributed by atoms with van der Waals surface area (Å²) in [6.45, 7) is -4.39. The Morgan fingerprint density at radius 2 is 0.658 bits per heavy atom. The molecule has 0 saturated heterocycles. The van der Waals surface area contributed by atoms with Gasteiger partial charge < -0.3 is 63.6 Å². The van der Waals surface area contributed by atoms with Gasteiger partial charge in [0.15, 0.2) is 0 Å². The van der Waals surface area contributed by atoms with Crippen molar-refractivity contribution in [2.45, 2.75) is 82.3 Å². The van der Waals surface area contributed by atoms with Crippen molar-refractivity contribution in [3.05, 3.63) is 41.8 Å². The predicted molar refractivity (Wildman–Crippen MR) is 250 cm³/mol. The number of aliphatic carboxylic acids is 1. The van der Waals surface area contributed by atoms with E-state index >= 15 is 0 Å². The summed E-state index contributed by atoms with van der Waals surface area (Å²) in [4.78, 5) is 158. The Hall–Kier alpha value is -9.12. The Balaban J connectivity index is 5.82. The van der Waals surface area contributed by atoms with E-state index in [9.17, 15) is 57.5 Å². The minimum atomic E-state index is -1.34. The lowest BCUT2D eigenvalue weighted by atomic mass is 10.0. The van der Waals surface area contributed by atoms with E-state index in [1.807, 2.05) is 0 Å². The molecule has 400 valence electrons. The number of hydrogen-bond acceptors (Lipinski definition) is 16. The van der Waals surface area contributed by atoms with Crippen LogP contribution in [0.25, 0.3) is 41.8 Å². The zero-order valence-corrected chi connectivity index (χ0v) is 39.5. The monoisotopic (exact) mass is 1030 g/mol. The third-order valence-corrected chi connectivity index (χ3v) is 9.17. The van der Waals surface area contributed by atoms with E-state index in [0.29, 0.717) is 6.42 Å². The molecule has 0 aliphatic carbocycles. The summed E-state index contributed by atoms with van der Waals surface area (Å²) < 4.78 is 0. The Bertz CT molecular complexity index is 2120. The Morgan fingerprint density at radius 3 is 1.00 bits per heavy atom. The fraction of sp³-hybridized carbons (Fsp3) is 0.676. The fourth-order valence-electron chi connectivity index (χ4n) is 5.64. The van der Waals surface area contributed by atoms with E-state index in [0.717, 1.165) is 0 Å². The highest BCUT2D eigenvalue weighted by molar-refractivity contribution is 5.94. The van der Waals surface area contributed by atoms with Gasteiger partial charge in [0.1, 0.15) is 44.3 Å². The summed E-state index contributed by atoms with van der Waals surface area (Å²) in [5, 5.41) is 48.0. The van der Waals surface area contributed by atoms with Gasteiger partial charge in [-0.3, -0.25) is 57.5 Å². The van der Waals surface area contributed by atoms with Gasteiger partial charge in [0, 0.05) is 45.8 Å². The summed E-state index contributed by atoms with van der Waals surface area (Å²) in [6.07, 6.45) is 0.780. The number of carboxylic acids is 1. The number of rotatable bonds is 40. The van der Waals surface area contributed by atoms with E-state index < -0.39 is 148 Å². The normalized spacial score (nSPS) is 11.1. The van der Waals surface area contributed by atoms with Gasteiger partial charge in [0.2, 0.25) is 65.0 Å². The van der Waals surface area contributed by atoms with Crippen molar-refractivity contribution in [1.29, 1.82) is 0 Å². The van der Waals surface area contributed by atoms with Crippen LogP contribution in [0.2, 0.25) is 0 Å². The third-order valence-electron chi connectivity index (χ3n) is 9.17. The molecule has 0 aliphatic rings. The van der Waals surface area contributed by atoms with Gasteiger partial charge in [-0.15, -0.1) is 0 Å². The molecule has 0 saturated carbocycles. The van der Waals surface area contributed by atoms with Crippen molar-refractivity contribution in [2.24, 2.45) is 20.5 Å². The second kappa shape index (κ2) is 40.7. The Kier molecular flexibility index (Phi) is 35.6. The predicted octanol–water partition coefficient (Wildman–Crippen LogP) is -3.40. The maximum absolute atomic E-state index is 13.7. The number of amides is 11. The minimum Gasteiger partial charge on any atom is -0.481 e. The number of carboxylic acid groups (broad SMARTS) is 1. The molecule has 0 aromatic rings. The fourth-order valence-corrected chi connectivity index (χ4v) is 5.64. The Morgan fingerprint density at radius 1 is 0.356 bits per heavy atom. The van der Waals surface area contributed by atoms with Crippen molar-refractivity contribution in [1.82, 2.24) is 58.5 Å². The second-order valence-corrected chi connectivity index (χ2v) is 14.9. The molecule has 73 heavy (non-hydrogen) atoms. The average molecular weight is 1030 g/mol. The van der Waals surface area contributed by atoms with Crippen LogP contribution in [-0.2, 0) is 57.5 Å². The molecule has 3 unspecified atom stereocenters. The lowest BCUT2D eigenvalue weighted by molar-refractivity contribution is -0.137. The molecule has 0 aliphatic heterocycles. The molecule has 3 atom stereocenters. The maximum Gasteiger partial charge on any atom is 0.305 e. The van der Waals surface area contributed by atoms with Crippen molar-refractivity contribution in [2.75, 3.05) is 78.5 Å². The summed E-state index contributed by atoms with van der Waals surface area (Å²) in [5.74, 6) is -9.21. The number of hydrogen-bond donors (Lipinski definition) is 12. The molecule has 12 N–H and O–H groups in total. The minimum absolute atomic E-state index is 0.0282. The lowest BCUT2D eigenvalue weighted by Gasteiger charge is -2.23. The zero-order valence-electron chi connectivity index (χ0n) is 39.5. The summed E-state index contributed by atoms with van der Waals surface area (Å²) in [6, 6.07) is -3.81. The molecule has 0 spiro atoms. The highest BCUT2D eigenvalue weighted by Gasteiger charge is 2.27. The van der Waals surface area contributed by atoms with Crippen LogP contribution in [0.1, 0.15) is 64.2 Å². The maximum atomic E-state index is 13.7. The molecule has 36 heteroatoms. The van der Waals surface area contributed by atoms with Crippen LogP contribution in [0.5, 0.6) is 0 Å². The van der Waals surface area contributed by atoms with E-state index in [-0.39, 0.29) is 77.5 Å². The molecule has 0 fully saturated rings. The van der Waals surface area contributed by atoms with Crippen LogP contribution >= 0.6 is 0 Å². The largest absolute Gasteiger partial charge is 0.481 e. The molecule has 0 bridgehead atoms. The van der Waals surface area contributed by atoms with E-state index in [1.165, 1.54) is 0 Å². The van der Waals surface area contributed by atoms with Gasteiger partial charge in [-0.05, 0) is 79.9 Å². The molecule has 0 rings (SSSR count). The van der Waals surface area contributed by atoms with Crippen LogP contribution in [0.15, 0.2) is 20.5 Å². The molecule has 0 aromatic heterocycles. The number of nitrogens with zero attached hydrogens (tertiary/aromatic N) is 12. The van der Waals surface area contributed by atoms with Crippen LogP contribution in [0.3, 0.4) is 0 Å². The second-order valence-electron chi connectivity index (χ2n) is 14.9. The van der Waals surface area contributed by atoms with E-state index in [1.54, 1.807) is 0 Å². The van der Waals surface area contributed by atoms with Crippen molar-refractivity contribution in [3.63, 3.8) is 0 Å². The van der Waals surface area contributed by atoms with Crippen molar-refractivity contribution < 1.29 is 62.6 Å². The van der Waals surface area contributed by atoms with E-state index in [2.05, 4.69) is 98.6 Å². The van der Waals surface area contributed by atoms with Gasteiger partial charge in [-0.25, -0.2) is 0 Å². The first kappa shape index (κ1) is 63.9. The first-order valence-corrected chi connectivity index (χ1v) is 22.3. The van der Waals surface area contributed by atoms with Crippen LogP contribution in [0.4, 0.5) is 0 Å². The first-order chi connectivity index (χ1) is 34.9. The molecule has 0 radical (unpaired) electrons. The van der Waals surface area contributed by atoms with Crippen molar-refractivity contribution >= 4 is 70.9 Å². The summed E-state index contributed by atoms with van der Waals surface area (Å²) in [5.41, 5.74) is 33.4. The summed E-state index contributed by atoms with van der Waals surface area (Å²) >= 11 is 0. The molecular formula is C37H59N23O13. The van der Waals surface area contributed by atoms with E-state index in [4.69, 9.17) is 27.2 Å². The smallest absolute Gasteiger partial charge is 0.305 e. The quantitative estimate of drug-likeness (QED) is 0.0123. The SMILES string of the molecule is [N-]=[N+]=NCC(=O)NCC(=O)NCCCCC(NC(=O)CNC(=O)CN=[N+]=[N-])C(=O)NCCCCC(NC(=O)C(CCCCNC(=O)CNC(=O)CN=[N+]=[N-])NC(=O)CNC(=O)CN=[N+]=[N-])C(=O)NCCC(=O)O. The number of carbonyl (C=O) groups is 12. The van der Waals surface area contributed by atoms with Crippen LogP contribution in [0, 0.1) is 0 Å². The van der Waals surface area contributed by atoms with Crippen LogP contribution in [-0.4, -0.2) is 173 Å². The molecule has 36 nitrogen and oxygen atoms in total. The van der Waals surface area contributed by atoms with Gasteiger partial charge in [-0.1, -0.05) is 20.5 Å². The van der Waals surface area contributed by atoms with Gasteiger partial charge in [-0.2, -0.15) is 0 Å². The molecular weight excluding hydrogens is 975 g/mol. The summed E-state index contributed by atoms with van der Waals surface area (Å²) in [7, 11) is 0. The third kappa shape index (κ3) is 35.6. The molecule has 11 amide bonds. The van der Waals surface area contributed by atoms with Crippen molar-refractivity contribution in [3.8, 4) is 0 Å². The number of carbonyl (C=O) groups excluding carboxylic acids is 11. The van der Waals surface area contributed by atoms with Crippen LogP contribution < -0.4 is 58.5 Å². The average Bonchev–Trinajstić information content (AvgIpc) is 3.36. The first-order valence-electron chi connectivity index (χ1n) is 22.3. The standard InChI is InChI=1S/C37H59N23O13/c38-57-50-19-28(63)46-15-26(61)42-11-4-1-7-23(54-32(67)17-48-30(65)21-52-59-40)35(71)44-13-6-3-8-24(36(72)45-14-10-34(69)70)56-37(73)25(55-33(68)18-49-31(66)22-53-60-41)9-2-5-12-43-27(62)16-47-29(64)20-51-58-39/h23-25H,1-22H2,(H,42,61)(H,43,62)(H,44,71)(H,45,72)(H,46,63)(H,47,64)(H,48,65)(H,49,66)(H,54,67)(H,55,68)(H,56,73)(H,69,70). The Labute approximate surface area is 414 Å². The van der Waals surface area contributed by atoms with Gasteiger partial charge in [0.05, 0.1) is 32.6 Å². The van der Waals surface area contributed by atoms with Gasteiger partial charge in [0.25, 0.3) is 0 Å². The topological polar surface area (TPSA) is 552 Å². The lowest BCUT2D eigenvalue weighted by Crippen LogP contribution is -2.55. The number of azide groups is 4. The highest BCUT2D eigenvalue weighted by Crippen LogP contribution is 2.07. The number of nitrogens with one attached hydrogen (secondary N) is 11.